The second kappa shape index (κ2) is 4.70. The summed E-state index contributed by atoms with van der Waals surface area (Å²) >= 11 is 1.15. The van der Waals surface area contributed by atoms with Crippen LogP contribution in [0.5, 0.6) is 0 Å². The third-order valence-electron chi connectivity index (χ3n) is 1.79. The van der Waals surface area contributed by atoms with Gasteiger partial charge in [0, 0.05) is 6.20 Å². The second-order valence-corrected chi connectivity index (χ2v) is 3.88. The Balaban J connectivity index is 3.67. The second-order valence-electron chi connectivity index (χ2n) is 2.86. The monoisotopic (exact) mass is 367 g/mol. The van der Waals surface area contributed by atoms with Crippen LogP contribution in [-0.4, -0.2) is 16.1 Å². The lowest BCUT2D eigenvalue weighted by Crippen LogP contribution is -2.18. The van der Waals surface area contributed by atoms with Crippen molar-refractivity contribution in [1.29, 1.82) is 0 Å². The number of carbonyl (C=O) groups is 1. The Morgan fingerprint density at radius 2 is 1.94 bits per heavy atom. The average Bonchev–Trinajstić information content (AvgIpc) is 2.14. The number of carboxylic acids is 1. The quantitative estimate of drug-likeness (QED) is 0.496. The van der Waals surface area contributed by atoms with Crippen molar-refractivity contribution in [1.82, 2.24) is 4.98 Å². The summed E-state index contributed by atoms with van der Waals surface area (Å²) in [5.41, 5.74) is -4.35. The van der Waals surface area contributed by atoms with E-state index in [-0.39, 0.29) is 0 Å². The smallest absolute Gasteiger partial charge is 0.419 e. The molecule has 1 rings (SSSR count). The lowest BCUT2D eigenvalue weighted by atomic mass is 10.0. The SMILES string of the molecule is O=C(O)c1c(C(F)F)cnc(I)c1C(F)(F)F. The average molecular weight is 367 g/mol. The number of pyridine rings is 1. The van der Waals surface area contributed by atoms with E-state index >= 15 is 0 Å². The van der Waals surface area contributed by atoms with Gasteiger partial charge in [-0.1, -0.05) is 0 Å². The molecule has 1 aromatic rings. The molecule has 0 atom stereocenters. The van der Waals surface area contributed by atoms with E-state index in [1.807, 2.05) is 0 Å². The van der Waals surface area contributed by atoms with Crippen LogP contribution in [0.25, 0.3) is 0 Å². The van der Waals surface area contributed by atoms with Gasteiger partial charge in [-0.2, -0.15) is 13.2 Å². The van der Waals surface area contributed by atoms with Gasteiger partial charge in [-0.3, -0.25) is 0 Å². The predicted octanol–water partition coefficient (Wildman–Crippen LogP) is 3.34. The Hall–Kier alpha value is -1.00. The van der Waals surface area contributed by atoms with Crippen molar-refractivity contribution in [3.8, 4) is 0 Å². The lowest BCUT2D eigenvalue weighted by Gasteiger charge is -2.14. The van der Waals surface area contributed by atoms with Crippen LogP contribution < -0.4 is 0 Å². The van der Waals surface area contributed by atoms with Gasteiger partial charge in [-0.25, -0.2) is 18.6 Å². The van der Waals surface area contributed by atoms with E-state index in [9.17, 15) is 26.7 Å². The zero-order valence-corrected chi connectivity index (χ0v) is 9.88. The maximum absolute atomic E-state index is 12.6. The highest BCUT2D eigenvalue weighted by atomic mass is 127. The van der Waals surface area contributed by atoms with Crippen LogP contribution in [0.4, 0.5) is 22.0 Å². The maximum Gasteiger partial charge on any atom is 0.419 e. The minimum atomic E-state index is -5.05. The topological polar surface area (TPSA) is 50.2 Å². The summed E-state index contributed by atoms with van der Waals surface area (Å²) in [5, 5.41) is 8.62. The van der Waals surface area contributed by atoms with Gasteiger partial charge in [0.05, 0.1) is 11.1 Å². The van der Waals surface area contributed by atoms with Crippen molar-refractivity contribution >= 4 is 28.6 Å². The first-order chi connectivity index (χ1) is 7.66. The Morgan fingerprint density at radius 3 is 2.29 bits per heavy atom. The van der Waals surface area contributed by atoms with E-state index in [4.69, 9.17) is 5.11 Å². The van der Waals surface area contributed by atoms with Crippen LogP contribution in [0.15, 0.2) is 6.20 Å². The van der Waals surface area contributed by atoms with E-state index in [1.54, 1.807) is 0 Å². The number of hydrogen-bond acceptors (Lipinski definition) is 2. The molecular formula is C8H3F5INO2. The molecule has 94 valence electrons. The number of aromatic nitrogens is 1. The van der Waals surface area contributed by atoms with Crippen LogP contribution in [0, 0.1) is 3.70 Å². The van der Waals surface area contributed by atoms with Gasteiger partial charge < -0.3 is 5.11 Å². The Morgan fingerprint density at radius 1 is 1.41 bits per heavy atom. The molecule has 0 amide bonds. The van der Waals surface area contributed by atoms with Crippen LogP contribution in [0.1, 0.15) is 27.9 Å². The molecule has 1 N–H and O–H groups in total. The van der Waals surface area contributed by atoms with E-state index in [2.05, 4.69) is 4.98 Å². The van der Waals surface area contributed by atoms with Crippen LogP contribution >= 0.6 is 22.6 Å². The fourth-order valence-corrected chi connectivity index (χ4v) is 1.87. The molecule has 0 spiro atoms. The highest BCUT2D eigenvalue weighted by Gasteiger charge is 2.41. The zero-order chi connectivity index (χ0) is 13.4. The van der Waals surface area contributed by atoms with Crippen LogP contribution in [0.3, 0.4) is 0 Å². The first kappa shape index (κ1) is 14.1. The van der Waals surface area contributed by atoms with Crippen molar-refractivity contribution < 1.29 is 31.9 Å². The fraction of sp³-hybridized carbons (Fsp3) is 0.250. The molecule has 9 heteroatoms. The summed E-state index contributed by atoms with van der Waals surface area (Å²) in [7, 11) is 0. The fourth-order valence-electron chi connectivity index (χ4n) is 1.16. The van der Waals surface area contributed by atoms with Gasteiger partial charge in [-0.05, 0) is 22.6 Å². The standard InChI is InChI=1S/C8H3F5INO2/c9-5(10)2-1-15-6(14)4(8(11,12)13)3(2)7(16)17/h1,5H,(H,16,17). The number of nitrogens with zero attached hydrogens (tertiary/aromatic N) is 1. The van der Waals surface area contributed by atoms with Gasteiger partial charge in [0.25, 0.3) is 6.43 Å². The molecule has 0 saturated heterocycles. The third-order valence-corrected chi connectivity index (χ3v) is 2.61. The molecule has 0 saturated carbocycles. The molecular weight excluding hydrogens is 364 g/mol. The lowest BCUT2D eigenvalue weighted by molar-refractivity contribution is -0.139. The highest BCUT2D eigenvalue weighted by molar-refractivity contribution is 14.1. The summed E-state index contributed by atoms with van der Waals surface area (Å²) < 4.78 is 61.8. The van der Waals surface area contributed by atoms with Crippen LogP contribution in [-0.2, 0) is 6.18 Å². The van der Waals surface area contributed by atoms with Crippen molar-refractivity contribution in [3.63, 3.8) is 0 Å². The molecule has 0 unspecified atom stereocenters. The summed E-state index contributed by atoms with van der Waals surface area (Å²) in [6.07, 6.45) is -7.96. The van der Waals surface area contributed by atoms with E-state index in [0.29, 0.717) is 6.20 Å². The first-order valence-electron chi connectivity index (χ1n) is 3.93. The molecule has 0 fully saturated rings. The van der Waals surface area contributed by atoms with Gasteiger partial charge in [0.2, 0.25) is 0 Å². The number of aromatic carboxylic acids is 1. The van der Waals surface area contributed by atoms with Gasteiger partial charge in [0.15, 0.2) is 0 Å². The number of carboxylic acid groups (broad SMARTS) is 1. The van der Waals surface area contributed by atoms with Crippen molar-refractivity contribution in [2.45, 2.75) is 12.6 Å². The molecule has 0 radical (unpaired) electrons. The number of alkyl halides is 5. The van der Waals surface area contributed by atoms with Crippen molar-refractivity contribution in [2.75, 3.05) is 0 Å². The molecule has 1 heterocycles. The zero-order valence-electron chi connectivity index (χ0n) is 7.73. The molecule has 3 nitrogen and oxygen atoms in total. The normalized spacial score (nSPS) is 11.9. The molecule has 17 heavy (non-hydrogen) atoms. The number of hydrogen-bond donors (Lipinski definition) is 1. The van der Waals surface area contributed by atoms with E-state index in [1.165, 1.54) is 0 Å². The molecule has 0 aromatic carbocycles. The molecule has 0 bridgehead atoms. The van der Waals surface area contributed by atoms with Gasteiger partial charge in [-0.15, -0.1) is 0 Å². The summed E-state index contributed by atoms with van der Waals surface area (Å²) in [6.45, 7) is 0. The van der Waals surface area contributed by atoms with E-state index < -0.39 is 39.0 Å². The molecule has 1 aromatic heterocycles. The predicted molar refractivity (Wildman–Crippen MR) is 53.9 cm³/mol. The Bertz CT molecular complexity index is 460. The summed E-state index contributed by atoms with van der Waals surface area (Å²) in [6, 6.07) is 0. The molecule has 0 aliphatic carbocycles. The third kappa shape index (κ3) is 2.82. The van der Waals surface area contributed by atoms with Gasteiger partial charge >= 0.3 is 12.1 Å². The molecule has 0 aliphatic rings. The maximum atomic E-state index is 12.6. The number of rotatable bonds is 2. The van der Waals surface area contributed by atoms with E-state index in [0.717, 1.165) is 22.6 Å². The first-order valence-corrected chi connectivity index (χ1v) is 5.01. The number of halogens is 6. The summed E-state index contributed by atoms with van der Waals surface area (Å²) in [4.78, 5) is 13.8. The van der Waals surface area contributed by atoms with Crippen LogP contribution in [0.2, 0.25) is 0 Å². The minimum absolute atomic E-state index is 0.436. The highest BCUT2D eigenvalue weighted by Crippen LogP contribution is 2.38. The Kier molecular flexibility index (Phi) is 3.89. The largest absolute Gasteiger partial charge is 0.478 e. The molecule has 0 aliphatic heterocycles. The Labute approximate surface area is 105 Å². The van der Waals surface area contributed by atoms with Crippen molar-refractivity contribution in [2.24, 2.45) is 0 Å². The van der Waals surface area contributed by atoms with Gasteiger partial charge in [0.1, 0.15) is 9.26 Å². The minimum Gasteiger partial charge on any atom is -0.478 e. The summed E-state index contributed by atoms with van der Waals surface area (Å²) in [5.74, 6) is -2.06. The van der Waals surface area contributed by atoms with Crippen molar-refractivity contribution in [3.05, 3.63) is 26.6 Å².